The third-order valence-electron chi connectivity index (χ3n) is 1.81. The van der Waals surface area contributed by atoms with Gasteiger partial charge in [-0.3, -0.25) is 0 Å². The molecule has 1 aliphatic carbocycles. The van der Waals surface area contributed by atoms with Gasteiger partial charge in [-0.2, -0.15) is 0 Å². The Morgan fingerprint density at radius 1 is 1.58 bits per heavy atom. The molecule has 0 aliphatic heterocycles. The number of halogens is 2. The van der Waals surface area contributed by atoms with Crippen LogP contribution >= 0.6 is 0 Å². The van der Waals surface area contributed by atoms with Gasteiger partial charge in [-0.05, 0) is 0 Å². The summed E-state index contributed by atoms with van der Waals surface area (Å²) in [4.78, 5) is 0. The summed E-state index contributed by atoms with van der Waals surface area (Å²) < 4.78 is 26.9. The van der Waals surface area contributed by atoms with Crippen LogP contribution in [0.15, 0.2) is 22.2 Å². The van der Waals surface area contributed by atoms with Crippen molar-refractivity contribution in [3.05, 3.63) is 22.2 Å². The molecule has 0 aromatic rings. The van der Waals surface area contributed by atoms with E-state index >= 15 is 0 Å². The average molecular weight is 216 g/mol. The van der Waals surface area contributed by atoms with Gasteiger partial charge >= 0.3 is 78.9 Å². The standard InChI is InChI=1S/C9H11F2.Co/c1-2-7-9(10,11)8-5-3-4-6-8;/h3,5H,2,4,7H2,1H3;. The first-order chi connectivity index (χ1) is 5.58. The van der Waals surface area contributed by atoms with Crippen molar-refractivity contribution in [3.8, 4) is 0 Å². The average Bonchev–Trinajstić information content (AvgIpc) is 2.35. The van der Waals surface area contributed by atoms with E-state index in [2.05, 4.69) is 15.7 Å². The summed E-state index contributed by atoms with van der Waals surface area (Å²) in [5, 5.41) is 0. The molecule has 0 aromatic heterocycles. The van der Waals surface area contributed by atoms with Gasteiger partial charge in [0.2, 0.25) is 0 Å². The van der Waals surface area contributed by atoms with Crippen LogP contribution in [0.5, 0.6) is 0 Å². The molecule has 0 unspecified atom stereocenters. The van der Waals surface area contributed by atoms with E-state index in [-0.39, 0.29) is 12.0 Å². The van der Waals surface area contributed by atoms with Gasteiger partial charge in [0, 0.05) is 0 Å². The van der Waals surface area contributed by atoms with Crippen LogP contribution in [0, 0.1) is 0 Å². The van der Waals surface area contributed by atoms with Crippen molar-refractivity contribution in [2.45, 2.75) is 32.1 Å². The van der Waals surface area contributed by atoms with Gasteiger partial charge in [-0.15, -0.1) is 0 Å². The van der Waals surface area contributed by atoms with Crippen molar-refractivity contribution >= 4 is 0 Å². The van der Waals surface area contributed by atoms with E-state index in [1.807, 2.05) is 0 Å². The maximum atomic E-state index is 13.2. The molecule has 0 aromatic carbocycles. The maximum absolute atomic E-state index is 13.2. The number of rotatable bonds is 3. The summed E-state index contributed by atoms with van der Waals surface area (Å²) in [5.41, 5.74) is 0.101. The molecular weight excluding hydrogens is 205 g/mol. The Kier molecular flexibility index (Phi) is 3.07. The normalized spacial score (nSPS) is 17.8. The molecule has 0 bridgehead atoms. The van der Waals surface area contributed by atoms with E-state index in [4.69, 9.17) is 0 Å². The minimum atomic E-state index is -2.68. The molecule has 12 heavy (non-hydrogen) atoms. The molecule has 0 fully saturated rings. The van der Waals surface area contributed by atoms with Crippen LogP contribution in [0.2, 0.25) is 0 Å². The topological polar surface area (TPSA) is 0 Å². The van der Waals surface area contributed by atoms with Crippen LogP contribution in [0.1, 0.15) is 26.2 Å². The Bertz CT molecular complexity index is 229. The Morgan fingerprint density at radius 2 is 2.25 bits per heavy atom. The Hall–Kier alpha value is -0.154. The van der Waals surface area contributed by atoms with Crippen LogP contribution in [0.25, 0.3) is 0 Å². The first-order valence-corrected chi connectivity index (χ1v) is 4.51. The molecule has 0 nitrogen and oxygen atoms in total. The zero-order chi connectivity index (χ0) is 9.19. The minimum absolute atomic E-state index is 0.0877. The molecule has 0 spiro atoms. The van der Waals surface area contributed by atoms with Crippen LogP contribution in [-0.4, -0.2) is 5.92 Å². The summed E-state index contributed by atoms with van der Waals surface area (Å²) in [6.45, 7) is 1.75. The van der Waals surface area contributed by atoms with Crippen molar-refractivity contribution < 1.29 is 24.5 Å². The van der Waals surface area contributed by atoms with Crippen molar-refractivity contribution in [2.75, 3.05) is 0 Å². The monoisotopic (exact) mass is 216 g/mol. The molecule has 0 N–H and O–H groups in total. The van der Waals surface area contributed by atoms with Crippen molar-refractivity contribution in [1.82, 2.24) is 0 Å². The Morgan fingerprint density at radius 3 is 2.67 bits per heavy atom. The van der Waals surface area contributed by atoms with Crippen molar-refractivity contribution in [3.63, 3.8) is 0 Å². The number of alkyl halides is 2. The molecule has 0 atom stereocenters. The fraction of sp³-hybridized carbons (Fsp3) is 0.556. The van der Waals surface area contributed by atoms with E-state index in [0.29, 0.717) is 17.3 Å². The van der Waals surface area contributed by atoms with Gasteiger partial charge in [0.1, 0.15) is 0 Å². The van der Waals surface area contributed by atoms with E-state index in [0.717, 1.165) is 0 Å². The molecule has 1 rings (SSSR count). The zero-order valence-corrected chi connectivity index (χ0v) is 7.91. The van der Waals surface area contributed by atoms with E-state index in [9.17, 15) is 8.78 Å². The van der Waals surface area contributed by atoms with Crippen LogP contribution in [0.4, 0.5) is 8.78 Å². The summed E-state index contributed by atoms with van der Waals surface area (Å²) in [6, 6.07) is 0. The molecule has 0 amide bonds. The third-order valence-corrected chi connectivity index (χ3v) is 2.30. The van der Waals surface area contributed by atoms with Gasteiger partial charge in [-0.25, -0.2) is 0 Å². The van der Waals surface area contributed by atoms with E-state index < -0.39 is 5.92 Å². The fourth-order valence-corrected chi connectivity index (χ4v) is 1.63. The molecule has 3 heteroatoms. The van der Waals surface area contributed by atoms with E-state index in [1.165, 1.54) is 6.08 Å². The second-order valence-corrected chi connectivity index (χ2v) is 3.48. The first-order valence-electron chi connectivity index (χ1n) is 3.99. The SMILES string of the molecule is CCCC(F)(F)C1=[C]([Co])CC=C1. The quantitative estimate of drug-likeness (QED) is 0.679. The summed E-state index contributed by atoms with van der Waals surface area (Å²) in [7, 11) is 0. The zero-order valence-electron chi connectivity index (χ0n) is 6.87. The summed E-state index contributed by atoms with van der Waals surface area (Å²) in [6.07, 6.45) is 4.16. The second-order valence-electron chi connectivity index (χ2n) is 2.85. The first kappa shape index (κ1) is 9.93. The van der Waals surface area contributed by atoms with Crippen LogP contribution in [0.3, 0.4) is 0 Å². The third kappa shape index (κ3) is 1.96. The fourth-order valence-electron chi connectivity index (χ4n) is 1.23. The molecule has 1 aliphatic rings. The molecule has 70 valence electrons. The number of hydrogen-bond donors (Lipinski definition) is 0. The summed E-state index contributed by atoms with van der Waals surface area (Å²) >= 11 is 4.06. The number of allylic oxidation sites excluding steroid dienone is 4. The molecular formula is C9H11CoF2. The molecule has 0 saturated carbocycles. The Balaban J connectivity index is 2.80. The molecule has 0 heterocycles. The molecule has 0 radical (unpaired) electrons. The Labute approximate surface area is 79.3 Å². The van der Waals surface area contributed by atoms with Gasteiger partial charge < -0.3 is 0 Å². The van der Waals surface area contributed by atoms with Crippen molar-refractivity contribution in [2.24, 2.45) is 0 Å². The number of hydrogen-bond acceptors (Lipinski definition) is 0. The van der Waals surface area contributed by atoms with Gasteiger partial charge in [-0.1, -0.05) is 0 Å². The van der Waals surface area contributed by atoms with Gasteiger partial charge in [0.15, 0.2) is 0 Å². The predicted octanol–water partition coefficient (Wildman–Crippen LogP) is 3.18. The summed E-state index contributed by atoms with van der Waals surface area (Å²) in [5.74, 6) is -2.68. The second kappa shape index (κ2) is 3.71. The van der Waals surface area contributed by atoms with Crippen molar-refractivity contribution in [1.29, 1.82) is 0 Å². The van der Waals surface area contributed by atoms with Gasteiger partial charge in [0.25, 0.3) is 0 Å². The van der Waals surface area contributed by atoms with Crippen LogP contribution in [-0.2, 0) is 15.7 Å². The van der Waals surface area contributed by atoms with Gasteiger partial charge in [0.05, 0.1) is 0 Å². The molecule has 0 saturated heterocycles. The van der Waals surface area contributed by atoms with Crippen LogP contribution < -0.4 is 0 Å². The van der Waals surface area contributed by atoms with E-state index in [1.54, 1.807) is 13.0 Å². The predicted molar refractivity (Wildman–Crippen MR) is 40.6 cm³/mol.